The average Bonchev–Trinajstić information content (AvgIpc) is 3.39. The third-order valence-electron chi connectivity index (χ3n) is 5.38. The Morgan fingerprint density at radius 2 is 1.94 bits per heavy atom. The van der Waals surface area contributed by atoms with E-state index in [4.69, 9.17) is 19.4 Å². The summed E-state index contributed by atoms with van der Waals surface area (Å²) in [5.74, 6) is 0.192. The number of thioether (sulfide) groups is 1. The van der Waals surface area contributed by atoms with E-state index < -0.39 is 11.9 Å². The Bertz CT molecular complexity index is 1080. The van der Waals surface area contributed by atoms with Gasteiger partial charge in [-0.3, -0.25) is 0 Å². The fraction of sp³-hybridized carbons (Fsp3) is 0.524. The lowest BCUT2D eigenvalue weighted by Crippen LogP contribution is -2.29. The van der Waals surface area contributed by atoms with Crippen molar-refractivity contribution < 1.29 is 14.6 Å². The van der Waals surface area contributed by atoms with E-state index in [-0.39, 0.29) is 18.2 Å². The van der Waals surface area contributed by atoms with E-state index in [0.717, 1.165) is 22.1 Å². The largest absolute Gasteiger partial charge is 0.390 e. The van der Waals surface area contributed by atoms with Gasteiger partial charge in [0.05, 0.1) is 12.1 Å². The van der Waals surface area contributed by atoms with Gasteiger partial charge in [0.25, 0.3) is 0 Å². The summed E-state index contributed by atoms with van der Waals surface area (Å²) in [4.78, 5) is 10.6. The molecule has 31 heavy (non-hydrogen) atoms. The third kappa shape index (κ3) is 4.07. The second kappa shape index (κ2) is 8.32. The molecule has 4 atom stereocenters. The highest BCUT2D eigenvalue weighted by Crippen LogP contribution is 2.44. The fourth-order valence-corrected chi connectivity index (χ4v) is 5.73. The van der Waals surface area contributed by atoms with Gasteiger partial charge in [-0.05, 0) is 32.4 Å². The maximum atomic E-state index is 10.6. The topological polar surface area (TPSA) is 95.2 Å². The summed E-state index contributed by atoms with van der Waals surface area (Å²) in [6.07, 6.45) is 0.204. The molecule has 2 fully saturated rings. The van der Waals surface area contributed by atoms with Gasteiger partial charge in [-0.15, -0.1) is 5.10 Å². The van der Waals surface area contributed by atoms with Gasteiger partial charge in [0.15, 0.2) is 22.1 Å². The zero-order chi connectivity index (χ0) is 21.6. The summed E-state index contributed by atoms with van der Waals surface area (Å²) >= 11 is 3.18. The van der Waals surface area contributed by atoms with Crippen molar-refractivity contribution in [2.75, 3.05) is 5.75 Å². The molecule has 2 aromatic heterocycles. The van der Waals surface area contributed by atoms with E-state index in [9.17, 15) is 5.11 Å². The Kier molecular flexibility index (Phi) is 5.68. The van der Waals surface area contributed by atoms with Crippen molar-refractivity contribution in [3.63, 3.8) is 0 Å². The fourth-order valence-electron chi connectivity index (χ4n) is 4.11. The summed E-state index contributed by atoms with van der Waals surface area (Å²) in [7, 11) is 0. The van der Waals surface area contributed by atoms with Crippen LogP contribution < -0.4 is 0 Å². The lowest BCUT2D eigenvalue weighted by Gasteiger charge is -2.22. The number of fused-ring (bicyclic) bond motifs is 2. The molecule has 2 aliphatic rings. The van der Waals surface area contributed by atoms with Gasteiger partial charge in [0, 0.05) is 17.1 Å². The molecule has 0 spiro atoms. The van der Waals surface area contributed by atoms with Crippen molar-refractivity contribution in [3.05, 3.63) is 30.3 Å². The van der Waals surface area contributed by atoms with Gasteiger partial charge in [-0.25, -0.2) is 14.6 Å². The number of aromatic nitrogens is 5. The minimum Gasteiger partial charge on any atom is -0.390 e. The number of rotatable bonds is 6. The third-order valence-corrected chi connectivity index (χ3v) is 7.42. The molecule has 3 heterocycles. The monoisotopic (exact) mass is 459 g/mol. The molecule has 164 valence electrons. The van der Waals surface area contributed by atoms with Crippen LogP contribution in [0.15, 0.2) is 45.4 Å². The zero-order valence-corrected chi connectivity index (χ0v) is 19.3. The molecule has 0 bridgehead atoms. The SMILES string of the molecule is CCCSc1nc(Sc2ccccc2)c2nnn([C@@H]3C[C@H](O)[C@H]4OC(C)(C)O[C@H]43)c2n1. The Morgan fingerprint density at radius 1 is 1.16 bits per heavy atom. The molecular weight excluding hydrogens is 434 g/mol. The molecule has 0 amide bonds. The first kappa shape index (κ1) is 21.1. The molecule has 10 heteroatoms. The van der Waals surface area contributed by atoms with E-state index >= 15 is 0 Å². The molecule has 1 saturated heterocycles. The second-order valence-corrected chi connectivity index (χ2v) is 10.3. The molecule has 0 unspecified atom stereocenters. The normalized spacial score (nSPS) is 27.1. The molecule has 0 radical (unpaired) electrons. The molecule has 1 aliphatic heterocycles. The Balaban J connectivity index is 1.56. The second-order valence-electron chi connectivity index (χ2n) is 8.22. The molecule has 1 aliphatic carbocycles. The Labute approximate surface area is 189 Å². The van der Waals surface area contributed by atoms with E-state index in [1.165, 1.54) is 0 Å². The van der Waals surface area contributed by atoms with E-state index in [0.29, 0.717) is 22.7 Å². The number of aliphatic hydroxyl groups is 1. The summed E-state index contributed by atoms with van der Waals surface area (Å²) < 4.78 is 13.8. The first-order valence-corrected chi connectivity index (χ1v) is 12.3. The number of hydrogen-bond donors (Lipinski definition) is 1. The number of benzene rings is 1. The van der Waals surface area contributed by atoms with E-state index in [1.807, 2.05) is 44.2 Å². The highest BCUT2D eigenvalue weighted by atomic mass is 32.2. The lowest BCUT2D eigenvalue weighted by molar-refractivity contribution is -0.165. The number of ether oxygens (including phenoxy) is 2. The predicted octanol–water partition coefficient (Wildman–Crippen LogP) is 3.70. The van der Waals surface area contributed by atoms with Gasteiger partial charge >= 0.3 is 0 Å². The first-order chi connectivity index (χ1) is 14.9. The minimum atomic E-state index is -0.739. The summed E-state index contributed by atoms with van der Waals surface area (Å²) in [6, 6.07) is 9.88. The van der Waals surface area contributed by atoms with Crippen molar-refractivity contribution in [2.24, 2.45) is 0 Å². The first-order valence-electron chi connectivity index (χ1n) is 10.5. The van der Waals surface area contributed by atoms with Crippen LogP contribution in [0.4, 0.5) is 0 Å². The van der Waals surface area contributed by atoms with Crippen molar-refractivity contribution in [3.8, 4) is 0 Å². The maximum Gasteiger partial charge on any atom is 0.190 e. The zero-order valence-electron chi connectivity index (χ0n) is 17.6. The summed E-state index contributed by atoms with van der Waals surface area (Å²) in [5.41, 5.74) is 1.32. The van der Waals surface area contributed by atoms with Crippen molar-refractivity contribution >= 4 is 34.7 Å². The quantitative estimate of drug-likeness (QED) is 0.336. The molecule has 3 aromatic rings. The molecule has 1 N–H and O–H groups in total. The van der Waals surface area contributed by atoms with E-state index in [2.05, 4.69) is 17.2 Å². The van der Waals surface area contributed by atoms with Gasteiger partial charge in [-0.1, -0.05) is 53.9 Å². The van der Waals surface area contributed by atoms with Crippen molar-refractivity contribution in [1.82, 2.24) is 25.0 Å². The average molecular weight is 460 g/mol. The van der Waals surface area contributed by atoms with E-state index in [1.54, 1.807) is 28.2 Å². The van der Waals surface area contributed by atoms with Gasteiger partial charge in [0.1, 0.15) is 17.2 Å². The van der Waals surface area contributed by atoms with Crippen LogP contribution in [-0.4, -0.2) is 59.9 Å². The standard InChI is InChI=1S/C21H25N5O3S2/c1-4-10-30-20-22-18-15(19(23-20)31-12-8-6-5-7-9-12)24-25-26(18)13-11-14(27)17-16(13)28-21(2,3)29-17/h5-9,13-14,16-17,27H,4,10-11H2,1-3H3/t13-,14+,16+,17-/m1/s1. The van der Waals surface area contributed by atoms with Gasteiger partial charge in [0.2, 0.25) is 0 Å². The highest BCUT2D eigenvalue weighted by molar-refractivity contribution is 8.00. The van der Waals surface area contributed by atoms with Gasteiger partial charge in [-0.2, -0.15) is 0 Å². The van der Waals surface area contributed by atoms with Crippen LogP contribution in [-0.2, 0) is 9.47 Å². The Hall–Kier alpha value is -1.72. The minimum absolute atomic E-state index is 0.208. The predicted molar refractivity (Wildman–Crippen MR) is 118 cm³/mol. The van der Waals surface area contributed by atoms with Crippen LogP contribution in [0.1, 0.15) is 39.7 Å². The van der Waals surface area contributed by atoms with Crippen molar-refractivity contribution in [1.29, 1.82) is 0 Å². The summed E-state index contributed by atoms with van der Waals surface area (Å²) in [6.45, 7) is 5.87. The summed E-state index contributed by atoms with van der Waals surface area (Å²) in [5, 5.41) is 20.9. The van der Waals surface area contributed by atoms with Crippen LogP contribution in [0.25, 0.3) is 11.2 Å². The number of hydrogen-bond acceptors (Lipinski definition) is 9. The molecular formula is C21H25N5O3S2. The smallest absolute Gasteiger partial charge is 0.190 e. The Morgan fingerprint density at radius 3 is 2.71 bits per heavy atom. The maximum absolute atomic E-state index is 10.6. The molecule has 1 aromatic carbocycles. The molecule has 1 saturated carbocycles. The lowest BCUT2D eigenvalue weighted by atomic mass is 10.2. The van der Waals surface area contributed by atoms with Crippen LogP contribution in [0.5, 0.6) is 0 Å². The van der Waals surface area contributed by atoms with Crippen LogP contribution >= 0.6 is 23.5 Å². The number of nitrogens with zero attached hydrogens (tertiary/aromatic N) is 5. The highest BCUT2D eigenvalue weighted by Gasteiger charge is 2.55. The number of aliphatic hydroxyl groups excluding tert-OH is 1. The van der Waals surface area contributed by atoms with Crippen LogP contribution in [0.3, 0.4) is 0 Å². The van der Waals surface area contributed by atoms with Crippen LogP contribution in [0.2, 0.25) is 0 Å². The van der Waals surface area contributed by atoms with Gasteiger partial charge < -0.3 is 14.6 Å². The molecule has 5 rings (SSSR count). The molecule has 8 nitrogen and oxygen atoms in total. The van der Waals surface area contributed by atoms with Crippen LogP contribution in [0, 0.1) is 0 Å². The van der Waals surface area contributed by atoms with Crippen molar-refractivity contribution in [2.45, 2.75) is 78.8 Å².